The maximum atomic E-state index is 12.5. The lowest BCUT2D eigenvalue weighted by atomic mass is 9.96. The van der Waals surface area contributed by atoms with Gasteiger partial charge in [0.05, 0.1) is 24.3 Å². The fraction of sp³-hybridized carbons (Fsp3) is 0.520. The monoisotopic (exact) mass is 473 g/mol. The van der Waals surface area contributed by atoms with E-state index in [-0.39, 0.29) is 6.42 Å². The first-order chi connectivity index (χ1) is 14.7. The topological polar surface area (TPSA) is 12.0 Å². The van der Waals surface area contributed by atoms with Crippen molar-refractivity contribution >= 4 is 29.3 Å². The molecule has 0 saturated heterocycles. The Kier molecular flexibility index (Phi) is 12.4. The van der Waals surface area contributed by atoms with E-state index in [0.29, 0.717) is 5.03 Å². The Morgan fingerprint density at radius 2 is 1.87 bits per heavy atom. The molecule has 1 N–H and O–H groups in total. The third-order valence-electron chi connectivity index (χ3n) is 5.55. The molecule has 0 aliphatic carbocycles. The molecule has 6 heteroatoms. The van der Waals surface area contributed by atoms with Crippen LogP contribution in [0.3, 0.4) is 0 Å². The van der Waals surface area contributed by atoms with E-state index in [1.807, 2.05) is 31.4 Å². The van der Waals surface area contributed by atoms with E-state index in [2.05, 4.69) is 32.8 Å². The molecule has 1 unspecified atom stereocenters. The van der Waals surface area contributed by atoms with Crippen LogP contribution in [0.1, 0.15) is 56.2 Å². The molecule has 0 amide bonds. The molecule has 1 aliphatic rings. The Morgan fingerprint density at radius 1 is 1.16 bits per heavy atom. The molecule has 0 bridgehead atoms. The predicted octanol–water partition coefficient (Wildman–Crippen LogP) is 7.48. The largest absolute Gasteiger partial charge is 0.386 e. The molecular formula is C25H37Cl2F2N2+. The first-order valence-corrected chi connectivity index (χ1v) is 11.8. The van der Waals surface area contributed by atoms with Gasteiger partial charge in [0.2, 0.25) is 6.43 Å². The van der Waals surface area contributed by atoms with Crippen LogP contribution >= 0.6 is 23.2 Å². The van der Waals surface area contributed by atoms with Crippen molar-refractivity contribution in [2.45, 2.75) is 58.8 Å². The van der Waals surface area contributed by atoms with Gasteiger partial charge >= 0.3 is 0 Å². The number of aryl methyl sites for hydroxylation is 1. The number of halogens is 4. The summed E-state index contributed by atoms with van der Waals surface area (Å²) in [5, 5.41) is 4.52. The Bertz CT molecular complexity index is 775. The normalized spacial score (nSPS) is 18.4. The van der Waals surface area contributed by atoms with E-state index in [0.717, 1.165) is 57.8 Å². The zero-order valence-corrected chi connectivity index (χ0v) is 20.8. The van der Waals surface area contributed by atoms with Crippen molar-refractivity contribution in [1.82, 2.24) is 5.32 Å². The molecule has 1 atom stereocenters. The van der Waals surface area contributed by atoms with Crippen molar-refractivity contribution in [2.24, 2.45) is 0 Å². The summed E-state index contributed by atoms with van der Waals surface area (Å²) in [7, 11) is 3.94. The lowest BCUT2D eigenvalue weighted by Gasteiger charge is -2.32. The average molecular weight is 474 g/mol. The summed E-state index contributed by atoms with van der Waals surface area (Å²) in [4.78, 5) is 0. The van der Waals surface area contributed by atoms with Crippen LogP contribution < -0.4 is 5.32 Å². The Labute approximate surface area is 197 Å². The van der Waals surface area contributed by atoms with Crippen molar-refractivity contribution < 1.29 is 13.3 Å². The highest BCUT2D eigenvalue weighted by Gasteiger charge is 2.27. The van der Waals surface area contributed by atoms with Gasteiger partial charge in [0, 0.05) is 13.5 Å². The fourth-order valence-corrected chi connectivity index (χ4v) is 4.44. The van der Waals surface area contributed by atoms with E-state index in [4.69, 9.17) is 23.2 Å². The summed E-state index contributed by atoms with van der Waals surface area (Å²) in [5.74, 6) is 0. The van der Waals surface area contributed by atoms with Gasteiger partial charge in [0.25, 0.3) is 0 Å². The summed E-state index contributed by atoms with van der Waals surface area (Å²) in [6.45, 7) is 9.81. The van der Waals surface area contributed by atoms with Crippen LogP contribution in [0, 0.1) is 0 Å². The van der Waals surface area contributed by atoms with Crippen LogP contribution in [0.2, 0.25) is 0 Å². The van der Waals surface area contributed by atoms with Crippen LogP contribution in [0.4, 0.5) is 8.78 Å². The third kappa shape index (κ3) is 9.34. The quantitative estimate of drug-likeness (QED) is 0.274. The molecule has 0 spiro atoms. The number of allylic oxidation sites excluding steroid dienone is 1. The zero-order valence-electron chi connectivity index (χ0n) is 19.3. The molecule has 0 saturated carbocycles. The standard InChI is InChI=1S/C16H22F2.C9H15Cl2N2/c1-3-5-6-7-8-14-11-13(4-2)9-10-15(14)12-16(17)18;1-4-13(3)5-7(10)9(12-2)8(11)6-13/h4,9-11,16H,2-3,5-8,12H2,1H3;5,12H,4,6H2,1-3H3/q;+1. The number of hydrogen-bond acceptors (Lipinski definition) is 1. The predicted molar refractivity (Wildman–Crippen MR) is 132 cm³/mol. The summed E-state index contributed by atoms with van der Waals surface area (Å²) in [6, 6.07) is 5.68. The van der Waals surface area contributed by atoms with Gasteiger partial charge in [0.15, 0.2) is 0 Å². The minimum absolute atomic E-state index is 0.138. The molecule has 1 heterocycles. The van der Waals surface area contributed by atoms with Crippen LogP contribution in [0.15, 0.2) is 46.7 Å². The lowest BCUT2D eigenvalue weighted by molar-refractivity contribution is -0.853. The van der Waals surface area contributed by atoms with Crippen molar-refractivity contribution in [2.75, 3.05) is 27.2 Å². The summed E-state index contributed by atoms with van der Waals surface area (Å²) in [6.07, 6.45) is 6.93. The molecule has 2 rings (SSSR count). The molecule has 0 fully saturated rings. The SMILES string of the molecule is C=Cc1ccc(CC(F)F)c(CCCCCC)c1.CC[N+]1(C)C=C(Cl)C(NC)=C(Cl)C1. The van der Waals surface area contributed by atoms with E-state index in [1.54, 1.807) is 6.08 Å². The highest BCUT2D eigenvalue weighted by Crippen LogP contribution is 2.28. The average Bonchev–Trinajstić information content (AvgIpc) is 2.72. The maximum absolute atomic E-state index is 12.5. The van der Waals surface area contributed by atoms with Gasteiger partial charge in [-0.25, -0.2) is 8.78 Å². The minimum Gasteiger partial charge on any atom is -0.386 e. The third-order valence-corrected chi connectivity index (χ3v) is 6.14. The second-order valence-electron chi connectivity index (χ2n) is 8.10. The van der Waals surface area contributed by atoms with Gasteiger partial charge in [-0.2, -0.15) is 0 Å². The lowest BCUT2D eigenvalue weighted by Crippen LogP contribution is -2.42. The van der Waals surface area contributed by atoms with Crippen LogP contribution in [-0.2, 0) is 12.8 Å². The Morgan fingerprint density at radius 3 is 2.39 bits per heavy atom. The van der Waals surface area contributed by atoms with E-state index in [1.165, 1.54) is 19.3 Å². The second kappa shape index (κ2) is 13.9. The molecule has 31 heavy (non-hydrogen) atoms. The van der Waals surface area contributed by atoms with Gasteiger partial charge in [-0.1, -0.05) is 80.2 Å². The van der Waals surface area contributed by atoms with Crippen LogP contribution in [0.5, 0.6) is 0 Å². The number of nitrogens with one attached hydrogen (secondary N) is 1. The van der Waals surface area contributed by atoms with Gasteiger partial charge < -0.3 is 5.32 Å². The smallest absolute Gasteiger partial charge is 0.242 e. The molecular weight excluding hydrogens is 437 g/mol. The zero-order chi connectivity index (χ0) is 23.4. The van der Waals surface area contributed by atoms with E-state index < -0.39 is 6.43 Å². The molecule has 2 nitrogen and oxygen atoms in total. The number of benzene rings is 1. The number of rotatable bonds is 10. The number of nitrogens with zero attached hydrogens (tertiary/aromatic N) is 1. The molecule has 1 aromatic rings. The maximum Gasteiger partial charge on any atom is 0.242 e. The summed E-state index contributed by atoms with van der Waals surface area (Å²) < 4.78 is 25.8. The number of alkyl halides is 2. The van der Waals surface area contributed by atoms with Gasteiger partial charge in [-0.15, -0.1) is 0 Å². The van der Waals surface area contributed by atoms with Gasteiger partial charge in [-0.05, 0) is 36.5 Å². The van der Waals surface area contributed by atoms with Gasteiger partial charge in [0.1, 0.15) is 17.8 Å². The molecule has 1 aromatic carbocycles. The Hall–Kier alpha value is -1.36. The van der Waals surface area contributed by atoms with Crippen molar-refractivity contribution in [3.05, 3.63) is 63.4 Å². The van der Waals surface area contributed by atoms with Gasteiger partial charge in [-0.3, -0.25) is 4.48 Å². The van der Waals surface area contributed by atoms with Crippen molar-refractivity contribution in [3.63, 3.8) is 0 Å². The molecule has 0 aromatic heterocycles. The van der Waals surface area contributed by atoms with Crippen LogP contribution in [0.25, 0.3) is 6.08 Å². The highest BCUT2D eigenvalue weighted by molar-refractivity contribution is 6.35. The van der Waals surface area contributed by atoms with Crippen LogP contribution in [-0.4, -0.2) is 38.1 Å². The summed E-state index contributed by atoms with van der Waals surface area (Å²) >= 11 is 12.2. The number of likely N-dealkylation sites (N-methyl/N-ethyl adjacent to an activating group) is 2. The van der Waals surface area contributed by atoms with E-state index >= 15 is 0 Å². The molecule has 0 radical (unpaired) electrons. The van der Waals surface area contributed by atoms with E-state index in [9.17, 15) is 8.78 Å². The number of hydrogen-bond donors (Lipinski definition) is 1. The minimum atomic E-state index is -2.27. The summed E-state index contributed by atoms with van der Waals surface area (Å²) in [5.41, 5.74) is 3.71. The van der Waals surface area contributed by atoms with Crippen molar-refractivity contribution in [3.8, 4) is 0 Å². The first-order valence-electron chi connectivity index (χ1n) is 11.0. The second-order valence-corrected chi connectivity index (χ2v) is 8.96. The highest BCUT2D eigenvalue weighted by atomic mass is 35.5. The fourth-order valence-electron chi connectivity index (χ4n) is 3.48. The van der Waals surface area contributed by atoms with Crippen molar-refractivity contribution in [1.29, 1.82) is 0 Å². The first kappa shape index (κ1) is 27.7. The molecule has 1 aliphatic heterocycles. The Balaban J connectivity index is 0.000000327. The number of unbranched alkanes of at least 4 members (excludes halogenated alkanes) is 3. The number of quaternary nitrogens is 1. The molecule has 174 valence electrons.